The van der Waals surface area contributed by atoms with Gasteiger partial charge in [0, 0.05) is 45.0 Å². The molecular weight excluding hydrogens is 341 g/mol. The molecule has 3 heterocycles. The fourth-order valence-electron chi connectivity index (χ4n) is 3.86. The summed E-state index contributed by atoms with van der Waals surface area (Å²) < 4.78 is 27.1. The topological polar surface area (TPSA) is 76.8 Å². The van der Waals surface area contributed by atoms with Gasteiger partial charge in [-0.1, -0.05) is 0 Å². The second-order valence-corrected chi connectivity index (χ2v) is 7.32. The molecule has 0 bridgehead atoms. The molecule has 1 aromatic rings. The van der Waals surface area contributed by atoms with Crippen LogP contribution < -0.4 is 0 Å². The van der Waals surface area contributed by atoms with E-state index in [9.17, 15) is 14.3 Å². The van der Waals surface area contributed by atoms with Crippen LogP contribution in [0, 0.1) is 0 Å². The number of aliphatic hydroxyl groups excluding tert-OH is 1. The van der Waals surface area contributed by atoms with Gasteiger partial charge in [0.1, 0.15) is 5.67 Å². The lowest BCUT2D eigenvalue weighted by molar-refractivity contribution is -0.0102. The van der Waals surface area contributed by atoms with Gasteiger partial charge in [-0.2, -0.15) is 5.10 Å². The number of methoxy groups -OCH3 is 1. The fourth-order valence-corrected chi connectivity index (χ4v) is 3.86. The van der Waals surface area contributed by atoms with E-state index in [0.29, 0.717) is 25.3 Å². The summed E-state index contributed by atoms with van der Waals surface area (Å²) in [6.45, 7) is 5.07. The monoisotopic (exact) mass is 369 g/mol. The maximum Gasteiger partial charge on any atom is 0.274 e. The third-order valence-electron chi connectivity index (χ3n) is 5.35. The first-order chi connectivity index (χ1) is 12.4. The second-order valence-electron chi connectivity index (χ2n) is 7.32. The van der Waals surface area contributed by atoms with Crippen LogP contribution in [-0.4, -0.2) is 70.9 Å². The molecule has 2 aliphatic heterocycles. The highest BCUT2D eigenvalue weighted by Gasteiger charge is 2.38. The zero-order chi connectivity index (χ0) is 18.9. The number of likely N-dealkylation sites (tertiary alicyclic amines) is 1. The summed E-state index contributed by atoms with van der Waals surface area (Å²) in [6.07, 6.45) is 0.799. The van der Waals surface area contributed by atoms with Gasteiger partial charge in [0.25, 0.3) is 5.91 Å². The summed E-state index contributed by atoms with van der Waals surface area (Å²) in [7, 11) is 1.63. The molecule has 1 aromatic heterocycles. The highest BCUT2D eigenvalue weighted by atomic mass is 19.1. The van der Waals surface area contributed by atoms with E-state index in [1.807, 2.05) is 13.8 Å². The maximum atomic E-state index is 14.2. The third-order valence-corrected chi connectivity index (χ3v) is 5.35. The standard InChI is InChI=1S/C18H28FN3O4/c1-12-10-14-15(17(24)21-6-4-18(19,11-23)5-7-21)20-22(8-9-25-3)16(14)13(2)26-12/h12-13,23H,4-11H2,1-3H3/t12-,13+/m1/s1. The number of aromatic nitrogens is 2. The Bertz CT molecular complexity index is 655. The highest BCUT2D eigenvalue weighted by Crippen LogP contribution is 2.33. The number of rotatable bonds is 5. The molecule has 0 aromatic carbocycles. The van der Waals surface area contributed by atoms with Crippen LogP contribution in [0.25, 0.3) is 0 Å². The number of nitrogens with zero attached hydrogens (tertiary/aromatic N) is 3. The molecule has 2 aliphatic rings. The summed E-state index contributed by atoms with van der Waals surface area (Å²) in [5, 5.41) is 13.7. The number of ether oxygens (including phenoxy) is 2. The van der Waals surface area contributed by atoms with Crippen LogP contribution in [0.1, 0.15) is 54.5 Å². The van der Waals surface area contributed by atoms with Crippen molar-refractivity contribution in [3.63, 3.8) is 0 Å². The predicted molar refractivity (Wildman–Crippen MR) is 92.8 cm³/mol. The lowest BCUT2D eigenvalue weighted by atomic mass is 9.93. The van der Waals surface area contributed by atoms with Gasteiger partial charge in [-0.25, -0.2) is 4.39 Å². The lowest BCUT2D eigenvalue weighted by Gasteiger charge is -2.35. The number of carbonyl (C=O) groups excluding carboxylic acids is 1. The Morgan fingerprint density at radius 3 is 2.73 bits per heavy atom. The number of carbonyl (C=O) groups is 1. The number of halogens is 1. The molecule has 8 heteroatoms. The zero-order valence-corrected chi connectivity index (χ0v) is 15.7. The zero-order valence-electron chi connectivity index (χ0n) is 15.7. The SMILES string of the molecule is COCCn1nc(C(=O)N2CCC(F)(CO)CC2)c2c1[C@H](C)O[C@H](C)C2. The molecule has 1 N–H and O–H groups in total. The Balaban J connectivity index is 1.86. The van der Waals surface area contributed by atoms with Crippen molar-refractivity contribution in [1.82, 2.24) is 14.7 Å². The largest absolute Gasteiger partial charge is 0.393 e. The van der Waals surface area contributed by atoms with Crippen LogP contribution in [0.4, 0.5) is 4.39 Å². The molecule has 1 amide bonds. The Labute approximate surface area is 153 Å². The molecule has 26 heavy (non-hydrogen) atoms. The van der Waals surface area contributed by atoms with Gasteiger partial charge in [-0.05, 0) is 13.8 Å². The number of alkyl halides is 1. The summed E-state index contributed by atoms with van der Waals surface area (Å²) >= 11 is 0. The second kappa shape index (κ2) is 7.62. The van der Waals surface area contributed by atoms with Crippen molar-refractivity contribution in [3.8, 4) is 0 Å². The number of amides is 1. The van der Waals surface area contributed by atoms with Crippen LogP contribution in [0.3, 0.4) is 0 Å². The molecule has 3 rings (SSSR count). The van der Waals surface area contributed by atoms with Crippen molar-refractivity contribution in [1.29, 1.82) is 0 Å². The van der Waals surface area contributed by atoms with Crippen molar-refractivity contribution < 1.29 is 23.8 Å². The molecule has 0 spiro atoms. The quantitative estimate of drug-likeness (QED) is 0.851. The van der Waals surface area contributed by atoms with Crippen molar-refractivity contribution in [2.75, 3.05) is 33.4 Å². The summed E-state index contributed by atoms with van der Waals surface area (Å²) in [5.74, 6) is -0.168. The Morgan fingerprint density at radius 2 is 2.12 bits per heavy atom. The number of hydrogen-bond acceptors (Lipinski definition) is 5. The minimum atomic E-state index is -1.58. The predicted octanol–water partition coefficient (Wildman–Crippen LogP) is 1.49. The normalized spacial score (nSPS) is 25.2. The lowest BCUT2D eigenvalue weighted by Crippen LogP contribution is -2.46. The molecule has 0 aliphatic carbocycles. The van der Waals surface area contributed by atoms with Crippen LogP contribution in [-0.2, 0) is 22.4 Å². The Kier molecular flexibility index (Phi) is 5.64. The summed E-state index contributed by atoms with van der Waals surface area (Å²) in [6, 6.07) is 0. The highest BCUT2D eigenvalue weighted by molar-refractivity contribution is 5.94. The average molecular weight is 369 g/mol. The fraction of sp³-hybridized carbons (Fsp3) is 0.778. The van der Waals surface area contributed by atoms with Crippen molar-refractivity contribution in [2.24, 2.45) is 0 Å². The van der Waals surface area contributed by atoms with E-state index in [2.05, 4.69) is 5.10 Å². The van der Waals surface area contributed by atoms with E-state index in [1.54, 1.807) is 16.7 Å². The van der Waals surface area contributed by atoms with Gasteiger partial charge in [-0.15, -0.1) is 0 Å². The van der Waals surface area contributed by atoms with Gasteiger partial charge in [0.15, 0.2) is 5.69 Å². The van der Waals surface area contributed by atoms with Crippen LogP contribution in [0.5, 0.6) is 0 Å². The third kappa shape index (κ3) is 3.63. The first-order valence-electron chi connectivity index (χ1n) is 9.21. The van der Waals surface area contributed by atoms with E-state index >= 15 is 0 Å². The molecule has 146 valence electrons. The molecule has 2 atom stereocenters. The first kappa shape index (κ1) is 19.3. The summed E-state index contributed by atoms with van der Waals surface area (Å²) in [4.78, 5) is 14.7. The smallest absolute Gasteiger partial charge is 0.274 e. The summed E-state index contributed by atoms with van der Waals surface area (Å²) in [5.41, 5.74) is 0.714. The maximum absolute atomic E-state index is 14.2. The van der Waals surface area contributed by atoms with E-state index in [-0.39, 0.29) is 44.0 Å². The van der Waals surface area contributed by atoms with Crippen LogP contribution in [0.2, 0.25) is 0 Å². The van der Waals surface area contributed by atoms with Gasteiger partial charge >= 0.3 is 0 Å². The van der Waals surface area contributed by atoms with Crippen molar-refractivity contribution in [3.05, 3.63) is 17.0 Å². The number of piperidine rings is 1. The molecule has 1 saturated heterocycles. The molecule has 1 fully saturated rings. The van der Waals surface area contributed by atoms with Crippen molar-refractivity contribution >= 4 is 5.91 Å². The molecule has 0 radical (unpaired) electrons. The van der Waals surface area contributed by atoms with Crippen LogP contribution in [0.15, 0.2) is 0 Å². The van der Waals surface area contributed by atoms with E-state index < -0.39 is 12.3 Å². The molecular formula is C18H28FN3O4. The molecule has 0 unspecified atom stereocenters. The van der Waals surface area contributed by atoms with Gasteiger partial charge in [0.05, 0.1) is 37.7 Å². The van der Waals surface area contributed by atoms with E-state index in [4.69, 9.17) is 9.47 Å². The first-order valence-corrected chi connectivity index (χ1v) is 9.21. The number of hydrogen-bond donors (Lipinski definition) is 1. The van der Waals surface area contributed by atoms with Gasteiger partial charge < -0.3 is 19.5 Å². The Hall–Kier alpha value is -1.51. The van der Waals surface area contributed by atoms with E-state index in [1.165, 1.54) is 0 Å². The van der Waals surface area contributed by atoms with E-state index in [0.717, 1.165) is 11.3 Å². The van der Waals surface area contributed by atoms with Crippen molar-refractivity contribution in [2.45, 2.75) is 57.5 Å². The number of fused-ring (bicyclic) bond motifs is 1. The van der Waals surface area contributed by atoms with Gasteiger partial charge in [0.2, 0.25) is 0 Å². The van der Waals surface area contributed by atoms with Crippen LogP contribution >= 0.6 is 0 Å². The van der Waals surface area contributed by atoms with Gasteiger partial charge in [-0.3, -0.25) is 9.48 Å². The molecule has 0 saturated carbocycles. The minimum absolute atomic E-state index is 0.0124. The molecule has 7 nitrogen and oxygen atoms in total. The average Bonchev–Trinajstić information content (AvgIpc) is 2.98. The minimum Gasteiger partial charge on any atom is -0.393 e. The Morgan fingerprint density at radius 1 is 1.42 bits per heavy atom. The number of aliphatic hydroxyl groups is 1.